The van der Waals surface area contributed by atoms with E-state index in [1.165, 1.54) is 34.2 Å². The van der Waals surface area contributed by atoms with Crippen molar-refractivity contribution in [2.24, 2.45) is 5.73 Å². The number of primary amides is 1. The second-order valence-corrected chi connectivity index (χ2v) is 9.11. The summed E-state index contributed by atoms with van der Waals surface area (Å²) in [4.78, 5) is 15.1. The molecule has 1 atom stereocenters. The molecule has 1 unspecified atom stereocenters. The Hall–Kier alpha value is -3.68. The quantitative estimate of drug-likeness (QED) is 0.193. The molecule has 0 saturated carbocycles. The van der Waals surface area contributed by atoms with Gasteiger partial charge in [-0.15, -0.1) is 0 Å². The van der Waals surface area contributed by atoms with E-state index in [9.17, 15) is 9.18 Å². The van der Waals surface area contributed by atoms with Gasteiger partial charge in [0.15, 0.2) is 0 Å². The second kappa shape index (κ2) is 13.6. The standard InChI is InChI=1S/C30H34FN3O3/c31-25-13-11-22(12-14-25)21-37-29(30(32)35)10-3-4-17-36-26-7-5-6-23(18-26)19-33-16-15-24-20-34-28-9-2-1-8-27(24)28/h1-2,5-9,11-14,18,20,29,33-34H,3-4,10,15-17,19,21H2,(H2,32,35). The number of rotatable bonds is 15. The Morgan fingerprint density at radius 1 is 1.00 bits per heavy atom. The molecule has 0 aliphatic rings. The molecule has 1 aromatic heterocycles. The maximum atomic E-state index is 13.0. The number of nitrogens with two attached hydrogens (primary N) is 1. The number of nitrogens with one attached hydrogen (secondary N) is 2. The Morgan fingerprint density at radius 3 is 2.68 bits per heavy atom. The normalized spacial score (nSPS) is 12.0. The van der Waals surface area contributed by atoms with Gasteiger partial charge in [0, 0.05) is 23.6 Å². The number of ether oxygens (including phenoxy) is 2. The first-order valence-electron chi connectivity index (χ1n) is 12.7. The van der Waals surface area contributed by atoms with Gasteiger partial charge in [-0.05, 0) is 79.3 Å². The van der Waals surface area contributed by atoms with Crippen LogP contribution in [0.3, 0.4) is 0 Å². The van der Waals surface area contributed by atoms with Crippen molar-refractivity contribution in [3.05, 3.63) is 102 Å². The van der Waals surface area contributed by atoms with Gasteiger partial charge < -0.3 is 25.5 Å². The number of fused-ring (bicyclic) bond motifs is 1. The molecule has 1 amide bonds. The van der Waals surface area contributed by atoms with Crippen LogP contribution >= 0.6 is 0 Å². The molecular formula is C30H34FN3O3. The molecule has 0 aliphatic heterocycles. The summed E-state index contributed by atoms with van der Waals surface area (Å²) in [6.45, 7) is 2.41. The van der Waals surface area contributed by atoms with Crippen molar-refractivity contribution < 1.29 is 18.7 Å². The van der Waals surface area contributed by atoms with Crippen LogP contribution in [0.4, 0.5) is 4.39 Å². The number of H-pyrrole nitrogens is 1. The minimum atomic E-state index is -0.677. The van der Waals surface area contributed by atoms with E-state index >= 15 is 0 Å². The SMILES string of the molecule is NC(=O)C(CCCCOc1cccc(CNCCc2c[nH]c3ccccc23)c1)OCc1ccc(F)cc1. The maximum absolute atomic E-state index is 13.0. The van der Waals surface area contributed by atoms with E-state index in [2.05, 4.69) is 46.8 Å². The third kappa shape index (κ3) is 8.17. The molecule has 194 valence electrons. The molecule has 4 rings (SSSR count). The van der Waals surface area contributed by atoms with E-state index in [4.69, 9.17) is 15.2 Å². The van der Waals surface area contributed by atoms with Gasteiger partial charge in [-0.3, -0.25) is 4.79 Å². The van der Waals surface area contributed by atoms with Crippen LogP contribution in [0.5, 0.6) is 5.75 Å². The Morgan fingerprint density at radius 2 is 1.84 bits per heavy atom. The van der Waals surface area contributed by atoms with Gasteiger partial charge in [-0.1, -0.05) is 42.5 Å². The van der Waals surface area contributed by atoms with Crippen molar-refractivity contribution in [2.45, 2.75) is 44.9 Å². The molecule has 0 saturated heterocycles. The lowest BCUT2D eigenvalue weighted by atomic mass is 10.1. The summed E-state index contributed by atoms with van der Waals surface area (Å²) >= 11 is 0. The molecule has 4 aromatic rings. The van der Waals surface area contributed by atoms with Crippen molar-refractivity contribution in [1.82, 2.24) is 10.3 Å². The fourth-order valence-corrected chi connectivity index (χ4v) is 4.25. The van der Waals surface area contributed by atoms with Crippen molar-refractivity contribution in [1.29, 1.82) is 0 Å². The van der Waals surface area contributed by atoms with Crippen LogP contribution in [0, 0.1) is 5.82 Å². The molecule has 4 N–H and O–H groups in total. The Bertz CT molecular complexity index is 1270. The third-order valence-electron chi connectivity index (χ3n) is 6.28. The average Bonchev–Trinajstić information content (AvgIpc) is 3.32. The Balaban J connectivity index is 1.13. The van der Waals surface area contributed by atoms with Gasteiger partial charge in [0.25, 0.3) is 0 Å². The Kier molecular flexibility index (Phi) is 9.68. The monoisotopic (exact) mass is 503 g/mol. The van der Waals surface area contributed by atoms with Gasteiger partial charge in [-0.2, -0.15) is 0 Å². The number of unbranched alkanes of at least 4 members (excludes halogenated alkanes) is 1. The highest BCUT2D eigenvalue weighted by Crippen LogP contribution is 2.18. The van der Waals surface area contributed by atoms with Crippen LogP contribution in [0.2, 0.25) is 0 Å². The fraction of sp³-hybridized carbons (Fsp3) is 0.300. The number of aromatic nitrogens is 1. The summed E-state index contributed by atoms with van der Waals surface area (Å²) in [6.07, 6.45) is 4.40. The van der Waals surface area contributed by atoms with Crippen molar-refractivity contribution >= 4 is 16.8 Å². The summed E-state index contributed by atoms with van der Waals surface area (Å²) in [6, 6.07) is 22.4. The van der Waals surface area contributed by atoms with Crippen molar-refractivity contribution in [3.8, 4) is 5.75 Å². The zero-order valence-electron chi connectivity index (χ0n) is 20.9. The molecular weight excluding hydrogens is 469 g/mol. The van der Waals surface area contributed by atoms with Crippen LogP contribution in [0.25, 0.3) is 10.9 Å². The number of para-hydroxylation sites is 1. The lowest BCUT2D eigenvalue weighted by molar-refractivity contribution is -0.130. The number of hydrogen-bond donors (Lipinski definition) is 3. The molecule has 7 heteroatoms. The lowest BCUT2D eigenvalue weighted by Crippen LogP contribution is -2.31. The van der Waals surface area contributed by atoms with Gasteiger partial charge in [-0.25, -0.2) is 4.39 Å². The van der Waals surface area contributed by atoms with Gasteiger partial charge in [0.1, 0.15) is 17.7 Å². The second-order valence-electron chi connectivity index (χ2n) is 9.11. The number of halogens is 1. The number of carbonyl (C=O) groups excluding carboxylic acids is 1. The fourth-order valence-electron chi connectivity index (χ4n) is 4.25. The van der Waals surface area contributed by atoms with Gasteiger partial charge in [0.05, 0.1) is 13.2 Å². The Labute approximate surface area is 217 Å². The largest absolute Gasteiger partial charge is 0.494 e. The lowest BCUT2D eigenvalue weighted by Gasteiger charge is -2.15. The number of carbonyl (C=O) groups is 1. The highest BCUT2D eigenvalue weighted by molar-refractivity contribution is 5.83. The smallest absolute Gasteiger partial charge is 0.246 e. The summed E-state index contributed by atoms with van der Waals surface area (Å²) in [5.41, 5.74) is 9.94. The predicted octanol–water partition coefficient (Wildman–Crippen LogP) is 5.26. The average molecular weight is 504 g/mol. The van der Waals surface area contributed by atoms with E-state index in [1.54, 1.807) is 12.1 Å². The molecule has 0 fully saturated rings. The predicted molar refractivity (Wildman–Crippen MR) is 144 cm³/mol. The number of amides is 1. The van der Waals surface area contributed by atoms with Crippen LogP contribution in [-0.2, 0) is 29.1 Å². The van der Waals surface area contributed by atoms with Crippen LogP contribution in [0.15, 0.2) is 79.0 Å². The molecule has 0 spiro atoms. The first-order chi connectivity index (χ1) is 18.1. The zero-order valence-corrected chi connectivity index (χ0v) is 20.9. The van der Waals surface area contributed by atoms with Crippen LogP contribution in [0.1, 0.15) is 36.0 Å². The summed E-state index contributed by atoms with van der Waals surface area (Å²) in [5.74, 6) is 0.0290. The first-order valence-corrected chi connectivity index (χ1v) is 12.7. The molecule has 3 aromatic carbocycles. The van der Waals surface area contributed by atoms with E-state index < -0.39 is 12.0 Å². The van der Waals surface area contributed by atoms with E-state index in [-0.39, 0.29) is 12.4 Å². The number of aromatic amines is 1. The summed E-state index contributed by atoms with van der Waals surface area (Å²) in [5, 5.41) is 4.79. The first kappa shape index (κ1) is 26.4. The van der Waals surface area contributed by atoms with Gasteiger partial charge >= 0.3 is 0 Å². The molecule has 1 heterocycles. The number of benzene rings is 3. The van der Waals surface area contributed by atoms with E-state index in [0.717, 1.165) is 43.7 Å². The molecule has 0 aliphatic carbocycles. The molecule has 0 bridgehead atoms. The van der Waals surface area contributed by atoms with Crippen LogP contribution in [-0.4, -0.2) is 30.1 Å². The van der Waals surface area contributed by atoms with E-state index in [0.29, 0.717) is 13.0 Å². The summed E-state index contributed by atoms with van der Waals surface area (Å²) in [7, 11) is 0. The van der Waals surface area contributed by atoms with Crippen LogP contribution < -0.4 is 15.8 Å². The third-order valence-corrected chi connectivity index (χ3v) is 6.28. The molecule has 37 heavy (non-hydrogen) atoms. The molecule has 0 radical (unpaired) electrons. The minimum absolute atomic E-state index is 0.215. The minimum Gasteiger partial charge on any atom is -0.494 e. The highest BCUT2D eigenvalue weighted by atomic mass is 19.1. The summed E-state index contributed by atoms with van der Waals surface area (Å²) < 4.78 is 24.6. The van der Waals surface area contributed by atoms with E-state index in [1.807, 2.05) is 18.2 Å². The van der Waals surface area contributed by atoms with Crippen molar-refractivity contribution in [3.63, 3.8) is 0 Å². The topological polar surface area (TPSA) is 89.4 Å². The zero-order chi connectivity index (χ0) is 25.9. The highest BCUT2D eigenvalue weighted by Gasteiger charge is 2.15. The molecule has 6 nitrogen and oxygen atoms in total. The number of hydrogen-bond acceptors (Lipinski definition) is 4. The van der Waals surface area contributed by atoms with Gasteiger partial charge in [0.2, 0.25) is 5.91 Å². The van der Waals surface area contributed by atoms with Crippen molar-refractivity contribution in [2.75, 3.05) is 13.2 Å². The maximum Gasteiger partial charge on any atom is 0.246 e.